The lowest BCUT2D eigenvalue weighted by Gasteiger charge is -2.14. The lowest BCUT2D eigenvalue weighted by atomic mass is 10.1. The predicted octanol–water partition coefficient (Wildman–Crippen LogP) is 5.53. The first kappa shape index (κ1) is 23.1. The normalized spacial score (nSPS) is 10.8. The van der Waals surface area contributed by atoms with E-state index in [4.69, 9.17) is 21.1 Å². The van der Waals surface area contributed by atoms with Crippen LogP contribution in [0.25, 0.3) is 0 Å². The molecule has 1 N–H and O–H groups in total. The fourth-order valence-corrected chi connectivity index (χ4v) is 3.80. The van der Waals surface area contributed by atoms with Crippen molar-refractivity contribution in [2.75, 3.05) is 7.11 Å². The van der Waals surface area contributed by atoms with Crippen LogP contribution < -0.4 is 14.9 Å². The molecule has 0 bridgehead atoms. The molecule has 0 aliphatic heterocycles. The van der Waals surface area contributed by atoms with Crippen LogP contribution in [-0.2, 0) is 17.8 Å². The molecule has 0 atom stereocenters. The van der Waals surface area contributed by atoms with Gasteiger partial charge in [0.25, 0.3) is 0 Å². The summed E-state index contributed by atoms with van der Waals surface area (Å²) in [5, 5.41) is 4.72. The SMILES string of the molecule is COc1cc(/C=N/NC(=O)Cc2ccc(C)cc2)cc(I)c1OCc1ccccc1Cl. The number of carbonyl (C=O) groups excluding carboxylic acids is 1. The summed E-state index contributed by atoms with van der Waals surface area (Å²) in [5.74, 6) is 1.02. The molecule has 0 aromatic heterocycles. The van der Waals surface area contributed by atoms with Gasteiger partial charge in [-0.25, -0.2) is 5.43 Å². The van der Waals surface area contributed by atoms with Crippen LogP contribution in [-0.4, -0.2) is 19.2 Å². The minimum absolute atomic E-state index is 0.179. The van der Waals surface area contributed by atoms with Crippen molar-refractivity contribution >= 4 is 46.3 Å². The van der Waals surface area contributed by atoms with E-state index in [9.17, 15) is 4.79 Å². The number of methoxy groups -OCH3 is 1. The largest absolute Gasteiger partial charge is 0.493 e. The third kappa shape index (κ3) is 6.70. The summed E-state index contributed by atoms with van der Waals surface area (Å²) in [4.78, 5) is 12.1. The van der Waals surface area contributed by atoms with Crippen molar-refractivity contribution < 1.29 is 14.3 Å². The van der Waals surface area contributed by atoms with Crippen LogP contribution in [0.4, 0.5) is 0 Å². The third-order valence-corrected chi connectivity index (χ3v) is 5.64. The number of carbonyl (C=O) groups is 1. The third-order valence-electron chi connectivity index (χ3n) is 4.47. The molecule has 160 valence electrons. The molecule has 0 unspecified atom stereocenters. The van der Waals surface area contributed by atoms with Crippen LogP contribution >= 0.6 is 34.2 Å². The van der Waals surface area contributed by atoms with E-state index in [1.807, 2.05) is 61.5 Å². The first-order valence-electron chi connectivity index (χ1n) is 9.57. The Morgan fingerprint density at radius 1 is 1.16 bits per heavy atom. The zero-order chi connectivity index (χ0) is 22.2. The number of halogens is 2. The van der Waals surface area contributed by atoms with Gasteiger partial charge in [0.15, 0.2) is 11.5 Å². The summed E-state index contributed by atoms with van der Waals surface area (Å²) in [6.45, 7) is 2.34. The zero-order valence-corrected chi connectivity index (χ0v) is 20.1. The molecule has 0 aliphatic carbocycles. The Bertz CT molecular complexity index is 1080. The van der Waals surface area contributed by atoms with E-state index in [1.165, 1.54) is 0 Å². The van der Waals surface area contributed by atoms with E-state index >= 15 is 0 Å². The van der Waals surface area contributed by atoms with Gasteiger partial charge in [0.2, 0.25) is 5.91 Å². The number of benzene rings is 3. The van der Waals surface area contributed by atoms with Crippen LogP contribution in [0.15, 0.2) is 65.8 Å². The average Bonchev–Trinajstić information content (AvgIpc) is 2.75. The number of nitrogens with one attached hydrogen (secondary N) is 1. The number of ether oxygens (including phenoxy) is 2. The van der Waals surface area contributed by atoms with Crippen LogP contribution in [0.3, 0.4) is 0 Å². The lowest BCUT2D eigenvalue weighted by Crippen LogP contribution is -2.19. The van der Waals surface area contributed by atoms with Crippen LogP contribution in [0.1, 0.15) is 22.3 Å². The number of hydrogen-bond acceptors (Lipinski definition) is 4. The fourth-order valence-electron chi connectivity index (χ4n) is 2.83. The van der Waals surface area contributed by atoms with Crippen LogP contribution in [0, 0.1) is 10.5 Å². The van der Waals surface area contributed by atoms with Gasteiger partial charge >= 0.3 is 0 Å². The molecule has 3 aromatic carbocycles. The molecule has 31 heavy (non-hydrogen) atoms. The summed E-state index contributed by atoms with van der Waals surface area (Å²) < 4.78 is 12.3. The second-order valence-electron chi connectivity index (χ2n) is 6.87. The maximum atomic E-state index is 12.1. The minimum atomic E-state index is -0.179. The molecule has 1 amide bonds. The van der Waals surface area contributed by atoms with Gasteiger partial charge in [-0.15, -0.1) is 0 Å². The second-order valence-corrected chi connectivity index (χ2v) is 8.44. The number of hydrazone groups is 1. The van der Waals surface area contributed by atoms with E-state index in [-0.39, 0.29) is 12.3 Å². The highest BCUT2D eigenvalue weighted by Crippen LogP contribution is 2.34. The molecular weight excluding hydrogens is 527 g/mol. The van der Waals surface area contributed by atoms with E-state index < -0.39 is 0 Å². The molecule has 0 saturated heterocycles. The summed E-state index contributed by atoms with van der Waals surface area (Å²) >= 11 is 8.39. The van der Waals surface area contributed by atoms with Crippen molar-refractivity contribution in [3.63, 3.8) is 0 Å². The van der Waals surface area contributed by atoms with Crippen molar-refractivity contribution in [1.82, 2.24) is 5.43 Å². The van der Waals surface area contributed by atoms with Gasteiger partial charge in [0.05, 0.1) is 23.3 Å². The Morgan fingerprint density at radius 3 is 2.61 bits per heavy atom. The highest BCUT2D eigenvalue weighted by atomic mass is 127. The van der Waals surface area contributed by atoms with Gasteiger partial charge in [0.1, 0.15) is 6.61 Å². The standard InChI is InChI=1S/C24H22ClIN2O3/c1-16-7-9-17(10-8-16)13-23(29)28-27-14-18-11-21(26)24(22(12-18)30-2)31-15-19-5-3-4-6-20(19)25/h3-12,14H,13,15H2,1-2H3,(H,28,29)/b27-14+. The number of hydrogen-bond donors (Lipinski definition) is 1. The van der Waals surface area contributed by atoms with E-state index in [0.29, 0.717) is 23.1 Å². The van der Waals surface area contributed by atoms with Gasteiger partial charge in [-0.3, -0.25) is 4.79 Å². The maximum Gasteiger partial charge on any atom is 0.244 e. The van der Waals surface area contributed by atoms with Gasteiger partial charge in [-0.05, 0) is 58.8 Å². The lowest BCUT2D eigenvalue weighted by molar-refractivity contribution is -0.120. The second kappa shape index (κ2) is 11.2. The zero-order valence-electron chi connectivity index (χ0n) is 17.2. The number of aryl methyl sites for hydroxylation is 1. The van der Waals surface area contributed by atoms with Crippen molar-refractivity contribution in [2.45, 2.75) is 20.0 Å². The van der Waals surface area contributed by atoms with Crippen LogP contribution in [0.5, 0.6) is 11.5 Å². The van der Waals surface area contributed by atoms with Crippen molar-refractivity contribution in [3.05, 3.63) is 91.5 Å². The molecule has 5 nitrogen and oxygen atoms in total. The number of rotatable bonds is 8. The predicted molar refractivity (Wildman–Crippen MR) is 132 cm³/mol. The number of amides is 1. The quantitative estimate of drug-likeness (QED) is 0.229. The maximum absolute atomic E-state index is 12.1. The summed E-state index contributed by atoms with van der Waals surface area (Å²) in [6.07, 6.45) is 1.85. The molecule has 0 saturated carbocycles. The van der Waals surface area contributed by atoms with Gasteiger partial charge < -0.3 is 9.47 Å². The molecule has 3 rings (SSSR count). The molecular formula is C24H22ClIN2O3. The first-order valence-corrected chi connectivity index (χ1v) is 11.0. The van der Waals surface area contributed by atoms with Gasteiger partial charge in [0, 0.05) is 10.6 Å². The Kier molecular flexibility index (Phi) is 8.31. The Labute approximate surface area is 200 Å². The van der Waals surface area contributed by atoms with E-state index in [0.717, 1.165) is 25.8 Å². The highest BCUT2D eigenvalue weighted by Gasteiger charge is 2.12. The van der Waals surface area contributed by atoms with E-state index in [2.05, 4.69) is 33.1 Å². The topological polar surface area (TPSA) is 59.9 Å². The Hall–Kier alpha value is -2.58. The summed E-state index contributed by atoms with van der Waals surface area (Å²) in [7, 11) is 1.58. The number of nitrogens with zero attached hydrogens (tertiary/aromatic N) is 1. The molecule has 0 radical (unpaired) electrons. The minimum Gasteiger partial charge on any atom is -0.493 e. The molecule has 0 fully saturated rings. The molecule has 0 aliphatic rings. The van der Waals surface area contributed by atoms with Gasteiger partial charge in [-0.1, -0.05) is 59.6 Å². The van der Waals surface area contributed by atoms with Crippen LogP contribution in [0.2, 0.25) is 5.02 Å². The fraction of sp³-hybridized carbons (Fsp3) is 0.167. The molecule has 3 aromatic rings. The highest BCUT2D eigenvalue weighted by molar-refractivity contribution is 14.1. The Balaban J connectivity index is 1.64. The molecule has 0 spiro atoms. The van der Waals surface area contributed by atoms with Gasteiger partial charge in [-0.2, -0.15) is 5.10 Å². The Morgan fingerprint density at radius 2 is 1.90 bits per heavy atom. The first-order chi connectivity index (χ1) is 15.0. The van der Waals surface area contributed by atoms with E-state index in [1.54, 1.807) is 19.4 Å². The molecule has 0 heterocycles. The monoisotopic (exact) mass is 548 g/mol. The average molecular weight is 549 g/mol. The smallest absolute Gasteiger partial charge is 0.244 e. The van der Waals surface area contributed by atoms with Crippen molar-refractivity contribution in [1.29, 1.82) is 0 Å². The summed E-state index contributed by atoms with van der Waals surface area (Å²) in [5.41, 5.74) is 6.33. The molecule has 7 heteroatoms. The van der Waals surface area contributed by atoms with Crippen molar-refractivity contribution in [3.8, 4) is 11.5 Å². The summed E-state index contributed by atoms with van der Waals surface area (Å²) in [6, 6.07) is 19.1. The van der Waals surface area contributed by atoms with Crippen molar-refractivity contribution in [2.24, 2.45) is 5.10 Å².